The second-order valence-corrected chi connectivity index (χ2v) is 5.43. The normalized spacial score (nSPS) is 16.4. The third kappa shape index (κ3) is 2.31. The van der Waals surface area contributed by atoms with Gasteiger partial charge in [0.15, 0.2) is 5.82 Å². The molecule has 1 saturated heterocycles. The molecule has 112 valence electrons. The van der Waals surface area contributed by atoms with Crippen molar-refractivity contribution in [2.45, 2.75) is 12.0 Å². The molecule has 0 bridgehead atoms. The molecule has 1 aliphatic rings. The van der Waals surface area contributed by atoms with Gasteiger partial charge >= 0.3 is 0 Å². The summed E-state index contributed by atoms with van der Waals surface area (Å²) in [6.45, 7) is 1.73. The number of aromatic nitrogens is 3. The summed E-state index contributed by atoms with van der Waals surface area (Å²) in [5.41, 5.74) is 0.914. The van der Waals surface area contributed by atoms with E-state index in [0.29, 0.717) is 17.6 Å². The molecule has 0 amide bonds. The molecule has 0 spiro atoms. The van der Waals surface area contributed by atoms with E-state index in [2.05, 4.69) is 15.5 Å². The molecule has 3 heterocycles. The Bertz CT molecular complexity index is 747. The minimum absolute atomic E-state index is 0.221. The highest BCUT2D eigenvalue weighted by Crippen LogP contribution is 2.27. The van der Waals surface area contributed by atoms with Gasteiger partial charge < -0.3 is 14.4 Å². The summed E-state index contributed by atoms with van der Waals surface area (Å²) in [7, 11) is 0. The Morgan fingerprint density at radius 2 is 1.91 bits per heavy atom. The third-order valence-corrected chi connectivity index (χ3v) is 3.94. The maximum atomic E-state index is 13.2. The van der Waals surface area contributed by atoms with E-state index in [0.717, 1.165) is 18.7 Å². The summed E-state index contributed by atoms with van der Waals surface area (Å²) in [5, 5.41) is 7.33. The van der Waals surface area contributed by atoms with Crippen LogP contribution in [0, 0.1) is 5.82 Å². The van der Waals surface area contributed by atoms with Crippen molar-refractivity contribution < 1.29 is 8.91 Å². The Balaban J connectivity index is 1.73. The topological polar surface area (TPSA) is 55.9 Å². The number of nitrogens with zero attached hydrogens (tertiary/aromatic N) is 3. The van der Waals surface area contributed by atoms with E-state index in [1.165, 1.54) is 12.1 Å². The molecule has 0 radical (unpaired) electrons. The van der Waals surface area contributed by atoms with Gasteiger partial charge in [-0.05, 0) is 29.8 Å². The van der Waals surface area contributed by atoms with Crippen LogP contribution in [0.1, 0.15) is 29.2 Å². The van der Waals surface area contributed by atoms with E-state index in [9.17, 15) is 4.39 Å². The SMILES string of the molecule is Fc1ccc([C@H](c2noc(C3CNC3)n2)n2cccc2)cc1. The average Bonchev–Trinajstić information content (AvgIpc) is 3.12. The van der Waals surface area contributed by atoms with Gasteiger partial charge in [0.2, 0.25) is 5.89 Å². The predicted molar refractivity (Wildman–Crippen MR) is 78.0 cm³/mol. The lowest BCUT2D eigenvalue weighted by atomic mass is 10.0. The standard InChI is InChI=1S/C16H15FN4O/c17-13-5-3-11(4-6-13)14(21-7-1-2-8-21)15-19-16(22-20-15)12-9-18-10-12/h1-8,12,14,18H,9-10H2/t14-/m1/s1. The fourth-order valence-corrected chi connectivity index (χ4v) is 2.61. The maximum Gasteiger partial charge on any atom is 0.232 e. The first kappa shape index (κ1) is 13.2. The van der Waals surface area contributed by atoms with E-state index in [-0.39, 0.29) is 11.9 Å². The number of nitrogens with one attached hydrogen (secondary N) is 1. The molecule has 6 heteroatoms. The molecule has 4 rings (SSSR count). The monoisotopic (exact) mass is 298 g/mol. The van der Waals surface area contributed by atoms with Gasteiger partial charge in [0.25, 0.3) is 0 Å². The average molecular weight is 298 g/mol. The van der Waals surface area contributed by atoms with E-state index in [1.54, 1.807) is 12.1 Å². The molecule has 0 unspecified atom stereocenters. The largest absolute Gasteiger partial charge is 0.339 e. The lowest BCUT2D eigenvalue weighted by Crippen LogP contribution is -2.40. The van der Waals surface area contributed by atoms with Crippen molar-refractivity contribution in [1.29, 1.82) is 0 Å². The van der Waals surface area contributed by atoms with Crippen LogP contribution in [-0.2, 0) is 0 Å². The van der Waals surface area contributed by atoms with Gasteiger partial charge in [-0.25, -0.2) is 4.39 Å². The Morgan fingerprint density at radius 1 is 1.18 bits per heavy atom. The highest BCUT2D eigenvalue weighted by atomic mass is 19.1. The highest BCUT2D eigenvalue weighted by Gasteiger charge is 2.28. The Morgan fingerprint density at radius 3 is 2.55 bits per heavy atom. The first-order valence-electron chi connectivity index (χ1n) is 7.23. The number of benzene rings is 1. The molecule has 3 aromatic rings. The van der Waals surface area contributed by atoms with E-state index < -0.39 is 0 Å². The molecule has 0 aliphatic carbocycles. The zero-order chi connectivity index (χ0) is 14.9. The second kappa shape index (κ2) is 5.38. The van der Waals surface area contributed by atoms with Crippen molar-refractivity contribution in [3.05, 3.63) is 71.9 Å². The Hall–Kier alpha value is -2.47. The van der Waals surface area contributed by atoms with Gasteiger partial charge in [-0.2, -0.15) is 4.98 Å². The van der Waals surface area contributed by atoms with Crippen LogP contribution < -0.4 is 5.32 Å². The molecule has 5 nitrogen and oxygen atoms in total. The molecular weight excluding hydrogens is 283 g/mol. The molecule has 1 atom stereocenters. The zero-order valence-corrected chi connectivity index (χ0v) is 11.8. The Kier molecular flexibility index (Phi) is 3.23. The maximum absolute atomic E-state index is 13.2. The van der Waals surface area contributed by atoms with Crippen LogP contribution in [-0.4, -0.2) is 27.8 Å². The van der Waals surface area contributed by atoms with E-state index in [4.69, 9.17) is 4.52 Å². The van der Waals surface area contributed by atoms with Crippen molar-refractivity contribution in [3.63, 3.8) is 0 Å². The summed E-state index contributed by atoms with van der Waals surface area (Å²) < 4.78 is 20.6. The van der Waals surface area contributed by atoms with Crippen molar-refractivity contribution in [2.24, 2.45) is 0 Å². The third-order valence-electron chi connectivity index (χ3n) is 3.94. The van der Waals surface area contributed by atoms with Crippen LogP contribution in [0.4, 0.5) is 4.39 Å². The zero-order valence-electron chi connectivity index (χ0n) is 11.8. The summed E-state index contributed by atoms with van der Waals surface area (Å²) in [6.07, 6.45) is 3.88. The lowest BCUT2D eigenvalue weighted by Gasteiger charge is -2.22. The van der Waals surface area contributed by atoms with Gasteiger partial charge in [-0.3, -0.25) is 0 Å². The van der Waals surface area contributed by atoms with Crippen LogP contribution in [0.2, 0.25) is 0 Å². The highest BCUT2D eigenvalue weighted by molar-refractivity contribution is 5.27. The minimum atomic E-state index is -0.260. The molecule has 1 fully saturated rings. The van der Waals surface area contributed by atoms with E-state index in [1.807, 2.05) is 29.1 Å². The minimum Gasteiger partial charge on any atom is -0.339 e. The van der Waals surface area contributed by atoms with Gasteiger partial charge in [-0.1, -0.05) is 17.3 Å². The summed E-state index contributed by atoms with van der Waals surface area (Å²) in [5.74, 6) is 1.28. The van der Waals surface area contributed by atoms with Gasteiger partial charge in [0, 0.05) is 25.5 Å². The van der Waals surface area contributed by atoms with Crippen molar-refractivity contribution in [2.75, 3.05) is 13.1 Å². The Labute approximate surface area is 126 Å². The molecule has 1 N–H and O–H groups in total. The van der Waals surface area contributed by atoms with Crippen LogP contribution in [0.3, 0.4) is 0 Å². The van der Waals surface area contributed by atoms with Crippen molar-refractivity contribution in [3.8, 4) is 0 Å². The van der Waals surface area contributed by atoms with Crippen molar-refractivity contribution in [1.82, 2.24) is 20.0 Å². The number of rotatable bonds is 4. The lowest BCUT2D eigenvalue weighted by molar-refractivity contribution is 0.305. The van der Waals surface area contributed by atoms with Gasteiger partial charge in [0.05, 0.1) is 5.92 Å². The fraction of sp³-hybridized carbons (Fsp3) is 0.250. The summed E-state index contributed by atoms with van der Waals surface area (Å²) in [4.78, 5) is 4.56. The molecular formula is C16H15FN4O. The fourth-order valence-electron chi connectivity index (χ4n) is 2.61. The number of hydrogen-bond donors (Lipinski definition) is 1. The van der Waals surface area contributed by atoms with Gasteiger partial charge in [-0.15, -0.1) is 0 Å². The summed E-state index contributed by atoms with van der Waals surface area (Å²) >= 11 is 0. The van der Waals surface area contributed by atoms with Crippen LogP contribution >= 0.6 is 0 Å². The van der Waals surface area contributed by atoms with Gasteiger partial charge in [0.1, 0.15) is 11.9 Å². The number of halogens is 1. The molecule has 22 heavy (non-hydrogen) atoms. The first-order chi connectivity index (χ1) is 10.8. The second-order valence-electron chi connectivity index (χ2n) is 5.43. The smallest absolute Gasteiger partial charge is 0.232 e. The molecule has 0 saturated carbocycles. The molecule has 1 aliphatic heterocycles. The van der Waals surface area contributed by atoms with Crippen molar-refractivity contribution >= 4 is 0 Å². The predicted octanol–water partition coefficient (Wildman–Crippen LogP) is 2.33. The number of hydrogen-bond acceptors (Lipinski definition) is 4. The molecule has 1 aromatic carbocycles. The van der Waals surface area contributed by atoms with E-state index >= 15 is 0 Å². The summed E-state index contributed by atoms with van der Waals surface area (Å²) in [6, 6.07) is 10.1. The molecule has 2 aromatic heterocycles. The van der Waals surface area contributed by atoms with Crippen LogP contribution in [0.25, 0.3) is 0 Å². The van der Waals surface area contributed by atoms with Crippen LogP contribution in [0.15, 0.2) is 53.3 Å². The quantitative estimate of drug-likeness (QED) is 0.803. The first-order valence-corrected chi connectivity index (χ1v) is 7.23. The van der Waals surface area contributed by atoms with Crippen LogP contribution in [0.5, 0.6) is 0 Å².